The van der Waals surface area contributed by atoms with Gasteiger partial charge < -0.3 is 9.88 Å². The van der Waals surface area contributed by atoms with Gasteiger partial charge >= 0.3 is 0 Å². The lowest BCUT2D eigenvalue weighted by Gasteiger charge is -2.13. The molecular weight excluding hydrogens is 382 g/mol. The molecule has 4 aromatic rings. The zero-order valence-corrected chi connectivity index (χ0v) is 17.2. The second kappa shape index (κ2) is 8.10. The van der Waals surface area contributed by atoms with Crippen molar-refractivity contribution < 1.29 is 4.79 Å². The number of amides is 1. The zero-order valence-electron chi connectivity index (χ0n) is 16.4. The van der Waals surface area contributed by atoms with Crippen molar-refractivity contribution in [1.29, 1.82) is 0 Å². The van der Waals surface area contributed by atoms with Crippen LogP contribution >= 0.6 is 11.6 Å². The third kappa shape index (κ3) is 4.17. The summed E-state index contributed by atoms with van der Waals surface area (Å²) in [5, 5.41) is 3.52. The number of benzene rings is 3. The summed E-state index contributed by atoms with van der Waals surface area (Å²) < 4.78 is 2.18. The molecule has 29 heavy (non-hydrogen) atoms. The van der Waals surface area contributed by atoms with Crippen LogP contribution in [0.4, 0.5) is 0 Å². The maximum Gasteiger partial charge on any atom is 0.251 e. The van der Waals surface area contributed by atoms with E-state index in [1.807, 2.05) is 18.2 Å². The Balaban J connectivity index is 1.64. The lowest BCUT2D eigenvalue weighted by atomic mass is 10.1. The molecule has 0 aliphatic carbocycles. The van der Waals surface area contributed by atoms with E-state index in [9.17, 15) is 4.79 Å². The zero-order chi connectivity index (χ0) is 20.4. The summed E-state index contributed by atoms with van der Waals surface area (Å²) in [5.74, 6) is 0.653. The number of aromatic nitrogens is 2. The molecule has 146 valence electrons. The molecule has 0 unspecified atom stereocenters. The van der Waals surface area contributed by atoms with Crippen LogP contribution in [0.25, 0.3) is 11.0 Å². The van der Waals surface area contributed by atoms with Crippen LogP contribution in [0.5, 0.6) is 0 Å². The highest BCUT2D eigenvalue weighted by atomic mass is 35.5. The topological polar surface area (TPSA) is 46.9 Å². The highest BCUT2D eigenvalue weighted by Gasteiger charge is 2.14. The number of hydrogen-bond donors (Lipinski definition) is 1. The molecule has 5 heteroatoms. The van der Waals surface area contributed by atoms with Gasteiger partial charge in [0.15, 0.2) is 0 Å². The summed E-state index contributed by atoms with van der Waals surface area (Å²) in [6.45, 7) is 5.26. The van der Waals surface area contributed by atoms with E-state index in [4.69, 9.17) is 16.6 Å². The third-order valence-corrected chi connectivity index (χ3v) is 5.30. The molecule has 0 spiro atoms. The first-order valence-electron chi connectivity index (χ1n) is 9.55. The van der Waals surface area contributed by atoms with Crippen LogP contribution in [-0.4, -0.2) is 15.5 Å². The van der Waals surface area contributed by atoms with Gasteiger partial charge in [-0.15, -0.1) is 0 Å². The largest absolute Gasteiger partial charge is 0.345 e. The molecule has 0 fully saturated rings. The molecule has 4 nitrogen and oxygen atoms in total. The van der Waals surface area contributed by atoms with Gasteiger partial charge in [0, 0.05) is 17.1 Å². The standard InChI is InChI=1S/C24H22ClN3O/c1-16-10-11-17(2)19(12-16)15-28-22-9-4-3-8-21(22)27-23(28)14-26-24(29)18-6-5-7-20(25)13-18/h3-13H,14-15H2,1-2H3,(H,26,29). The van der Waals surface area contributed by atoms with Crippen LogP contribution < -0.4 is 5.32 Å². The van der Waals surface area contributed by atoms with Gasteiger partial charge in [-0.2, -0.15) is 0 Å². The normalized spacial score (nSPS) is 11.0. The lowest BCUT2D eigenvalue weighted by molar-refractivity contribution is 0.0949. The molecule has 1 heterocycles. The van der Waals surface area contributed by atoms with Crippen molar-refractivity contribution in [3.8, 4) is 0 Å². The number of fused-ring (bicyclic) bond motifs is 1. The van der Waals surface area contributed by atoms with Crippen LogP contribution in [0.15, 0.2) is 66.7 Å². The van der Waals surface area contributed by atoms with Gasteiger partial charge in [0.1, 0.15) is 5.82 Å². The number of imidazole rings is 1. The minimum atomic E-state index is -0.169. The molecule has 0 aliphatic rings. The van der Waals surface area contributed by atoms with Gasteiger partial charge in [0.2, 0.25) is 0 Å². The number of para-hydroxylation sites is 2. The Hall–Kier alpha value is -3.11. The number of hydrogen-bond acceptors (Lipinski definition) is 2. The number of rotatable bonds is 5. The maximum absolute atomic E-state index is 12.5. The number of nitrogens with zero attached hydrogens (tertiary/aromatic N) is 2. The predicted molar refractivity (Wildman–Crippen MR) is 117 cm³/mol. The van der Waals surface area contributed by atoms with Gasteiger partial charge in [-0.05, 0) is 55.3 Å². The first-order valence-corrected chi connectivity index (χ1v) is 9.93. The molecule has 0 radical (unpaired) electrons. The van der Waals surface area contributed by atoms with Gasteiger partial charge in [0.25, 0.3) is 5.91 Å². The fraction of sp³-hybridized carbons (Fsp3) is 0.167. The third-order valence-electron chi connectivity index (χ3n) is 5.06. The Morgan fingerprint density at radius 3 is 2.69 bits per heavy atom. The van der Waals surface area contributed by atoms with E-state index < -0.39 is 0 Å². The SMILES string of the molecule is Cc1ccc(C)c(Cn2c(CNC(=O)c3cccc(Cl)c3)nc3ccccc32)c1. The number of halogens is 1. The number of nitrogens with one attached hydrogen (secondary N) is 1. The van der Waals surface area contributed by atoms with Gasteiger partial charge in [-0.25, -0.2) is 4.98 Å². The van der Waals surface area contributed by atoms with E-state index in [0.717, 1.165) is 16.9 Å². The quantitative estimate of drug-likeness (QED) is 0.492. The Labute approximate surface area is 175 Å². The second-order valence-electron chi connectivity index (χ2n) is 7.23. The van der Waals surface area contributed by atoms with Crippen molar-refractivity contribution in [2.24, 2.45) is 0 Å². The minimum absolute atomic E-state index is 0.169. The van der Waals surface area contributed by atoms with Crippen molar-refractivity contribution in [2.45, 2.75) is 26.9 Å². The van der Waals surface area contributed by atoms with E-state index in [2.05, 4.69) is 48.0 Å². The average molecular weight is 404 g/mol. The Morgan fingerprint density at radius 2 is 1.86 bits per heavy atom. The van der Waals surface area contributed by atoms with E-state index >= 15 is 0 Å². The number of carbonyl (C=O) groups is 1. The van der Waals surface area contributed by atoms with Crippen LogP contribution in [0.2, 0.25) is 5.02 Å². The smallest absolute Gasteiger partial charge is 0.251 e. The van der Waals surface area contributed by atoms with Crippen molar-refractivity contribution in [1.82, 2.24) is 14.9 Å². The molecule has 4 rings (SSSR count). The summed E-state index contributed by atoms with van der Waals surface area (Å²) in [6, 6.07) is 21.5. The molecule has 0 saturated heterocycles. The van der Waals surface area contributed by atoms with E-state index in [1.165, 1.54) is 16.7 Å². The van der Waals surface area contributed by atoms with Gasteiger partial charge in [0.05, 0.1) is 17.6 Å². The number of aryl methyl sites for hydroxylation is 2. The van der Waals surface area contributed by atoms with Crippen molar-refractivity contribution in [3.05, 3.63) is 99.8 Å². The maximum atomic E-state index is 12.5. The summed E-state index contributed by atoms with van der Waals surface area (Å²) in [6.07, 6.45) is 0. The summed E-state index contributed by atoms with van der Waals surface area (Å²) in [5.41, 5.74) is 6.23. The monoisotopic (exact) mass is 403 g/mol. The molecular formula is C24H22ClN3O. The second-order valence-corrected chi connectivity index (χ2v) is 7.66. The first kappa shape index (κ1) is 19.2. The van der Waals surface area contributed by atoms with Crippen molar-refractivity contribution in [3.63, 3.8) is 0 Å². The summed E-state index contributed by atoms with van der Waals surface area (Å²) >= 11 is 6.01. The fourth-order valence-corrected chi connectivity index (χ4v) is 3.66. The molecule has 1 N–H and O–H groups in total. The lowest BCUT2D eigenvalue weighted by Crippen LogP contribution is -2.25. The van der Waals surface area contributed by atoms with Crippen molar-refractivity contribution in [2.75, 3.05) is 0 Å². The first-order chi connectivity index (χ1) is 14.0. The molecule has 0 bridgehead atoms. The van der Waals surface area contributed by atoms with Crippen LogP contribution in [0.3, 0.4) is 0 Å². The molecule has 1 amide bonds. The fourth-order valence-electron chi connectivity index (χ4n) is 3.47. The Kier molecular flexibility index (Phi) is 5.36. The molecule has 0 saturated carbocycles. The summed E-state index contributed by atoms with van der Waals surface area (Å²) in [7, 11) is 0. The van der Waals surface area contributed by atoms with E-state index in [-0.39, 0.29) is 5.91 Å². The van der Waals surface area contributed by atoms with E-state index in [1.54, 1.807) is 24.3 Å². The minimum Gasteiger partial charge on any atom is -0.345 e. The summed E-state index contributed by atoms with van der Waals surface area (Å²) in [4.78, 5) is 17.3. The molecule has 1 aromatic heterocycles. The van der Waals surface area contributed by atoms with E-state index in [0.29, 0.717) is 23.7 Å². The molecule has 3 aromatic carbocycles. The van der Waals surface area contributed by atoms with Gasteiger partial charge in [-0.3, -0.25) is 4.79 Å². The van der Waals surface area contributed by atoms with Crippen LogP contribution in [0.1, 0.15) is 32.9 Å². The van der Waals surface area contributed by atoms with Crippen molar-refractivity contribution >= 4 is 28.5 Å². The van der Waals surface area contributed by atoms with Crippen LogP contribution in [0, 0.1) is 13.8 Å². The predicted octanol–water partition coefficient (Wildman–Crippen LogP) is 5.28. The van der Waals surface area contributed by atoms with Crippen LogP contribution in [-0.2, 0) is 13.1 Å². The Bertz CT molecular complexity index is 1200. The average Bonchev–Trinajstić information content (AvgIpc) is 3.06. The Morgan fingerprint density at radius 1 is 1.03 bits per heavy atom. The van der Waals surface area contributed by atoms with Gasteiger partial charge in [-0.1, -0.05) is 53.6 Å². The molecule has 0 atom stereocenters. The number of carbonyl (C=O) groups excluding carboxylic acids is 1. The highest BCUT2D eigenvalue weighted by molar-refractivity contribution is 6.30. The molecule has 0 aliphatic heterocycles. The highest BCUT2D eigenvalue weighted by Crippen LogP contribution is 2.20.